The van der Waals surface area contributed by atoms with Gasteiger partial charge in [-0.2, -0.15) is 0 Å². The number of carbonyl (C=O) groups excluding carboxylic acids is 3. The first-order valence-electron chi connectivity index (χ1n) is 10.7. The van der Waals surface area contributed by atoms with Crippen molar-refractivity contribution in [2.45, 2.75) is 37.2 Å². The van der Waals surface area contributed by atoms with E-state index in [0.29, 0.717) is 31.7 Å². The maximum atomic E-state index is 13.3. The van der Waals surface area contributed by atoms with Crippen LogP contribution in [-0.4, -0.2) is 87.1 Å². The lowest BCUT2D eigenvalue weighted by atomic mass is 10.0. The van der Waals surface area contributed by atoms with Crippen LogP contribution in [0.3, 0.4) is 0 Å². The Morgan fingerprint density at radius 1 is 1.27 bits per heavy atom. The van der Waals surface area contributed by atoms with Crippen LogP contribution < -0.4 is 5.32 Å². The molecule has 2 amide bonds. The molecule has 0 unspecified atom stereocenters. The standard InChI is InChI=1S/C21H28N4O7S/c1-15(27)33-21(6-11-26)12-18(19(28)23-9-7-22-8-10-23)24(14-21)20(29)32-13-16-2-4-17(5-3-16)25(30)31/h2-5,18,22,26H,6-14H2,1H3/t18-,21+/m0/s1. The molecule has 0 spiro atoms. The van der Waals surface area contributed by atoms with Gasteiger partial charge in [0, 0.05) is 63.1 Å². The van der Waals surface area contributed by atoms with Gasteiger partial charge in [0.25, 0.3) is 5.69 Å². The summed E-state index contributed by atoms with van der Waals surface area (Å²) < 4.78 is 4.66. The Kier molecular flexibility index (Phi) is 8.27. The first kappa shape index (κ1) is 24.9. The number of nitro benzene ring substituents is 1. The van der Waals surface area contributed by atoms with Crippen molar-refractivity contribution in [2.75, 3.05) is 39.3 Å². The fourth-order valence-electron chi connectivity index (χ4n) is 4.21. The number of nitrogens with one attached hydrogen (secondary N) is 1. The molecule has 1 aromatic rings. The van der Waals surface area contributed by atoms with E-state index in [-0.39, 0.29) is 49.3 Å². The molecule has 2 aliphatic heterocycles. The van der Waals surface area contributed by atoms with E-state index in [1.807, 2.05) is 0 Å². The van der Waals surface area contributed by atoms with Gasteiger partial charge in [-0.15, -0.1) is 0 Å². The van der Waals surface area contributed by atoms with Crippen LogP contribution in [0.1, 0.15) is 25.3 Å². The number of benzene rings is 1. The molecule has 12 heteroatoms. The molecule has 33 heavy (non-hydrogen) atoms. The highest BCUT2D eigenvalue weighted by atomic mass is 32.2. The Bertz CT molecular complexity index is 891. The molecule has 1 aromatic carbocycles. The summed E-state index contributed by atoms with van der Waals surface area (Å²) in [4.78, 5) is 51.6. The fourth-order valence-corrected chi connectivity index (χ4v) is 5.46. The minimum atomic E-state index is -0.800. The van der Waals surface area contributed by atoms with Crippen molar-refractivity contribution in [3.63, 3.8) is 0 Å². The maximum absolute atomic E-state index is 13.3. The zero-order valence-corrected chi connectivity index (χ0v) is 19.2. The van der Waals surface area contributed by atoms with Crippen molar-refractivity contribution >= 4 is 34.6 Å². The van der Waals surface area contributed by atoms with Crippen LogP contribution in [0.5, 0.6) is 0 Å². The third-order valence-electron chi connectivity index (χ3n) is 5.79. The lowest BCUT2D eigenvalue weighted by Crippen LogP contribution is -2.53. The van der Waals surface area contributed by atoms with Gasteiger partial charge in [-0.1, -0.05) is 11.8 Å². The zero-order valence-electron chi connectivity index (χ0n) is 18.4. The number of aliphatic hydroxyl groups is 1. The molecule has 0 saturated carbocycles. The molecule has 2 heterocycles. The molecular formula is C21H28N4O7S. The molecule has 0 bridgehead atoms. The van der Waals surface area contributed by atoms with Gasteiger partial charge in [0.05, 0.1) is 4.92 Å². The van der Waals surface area contributed by atoms with Gasteiger partial charge in [-0.3, -0.25) is 24.6 Å². The number of nitro groups is 1. The van der Waals surface area contributed by atoms with Crippen molar-refractivity contribution in [3.05, 3.63) is 39.9 Å². The predicted molar refractivity (Wildman–Crippen MR) is 121 cm³/mol. The number of hydrogen-bond acceptors (Lipinski definition) is 9. The van der Waals surface area contributed by atoms with E-state index in [9.17, 15) is 29.6 Å². The minimum Gasteiger partial charge on any atom is -0.445 e. The number of likely N-dealkylation sites (tertiary alicyclic amines) is 1. The number of hydrogen-bond donors (Lipinski definition) is 2. The van der Waals surface area contributed by atoms with Gasteiger partial charge in [0.2, 0.25) is 5.91 Å². The third kappa shape index (κ3) is 6.21. The summed E-state index contributed by atoms with van der Waals surface area (Å²) in [6.07, 6.45) is -0.201. The highest BCUT2D eigenvalue weighted by molar-refractivity contribution is 8.14. The van der Waals surface area contributed by atoms with Crippen LogP contribution in [0, 0.1) is 10.1 Å². The van der Waals surface area contributed by atoms with E-state index in [1.54, 1.807) is 4.90 Å². The predicted octanol–water partition coefficient (Wildman–Crippen LogP) is 1.14. The summed E-state index contributed by atoms with van der Waals surface area (Å²) >= 11 is 1.05. The van der Waals surface area contributed by atoms with Crippen molar-refractivity contribution in [3.8, 4) is 0 Å². The summed E-state index contributed by atoms with van der Waals surface area (Å²) in [6.45, 7) is 3.59. The monoisotopic (exact) mass is 480 g/mol. The largest absolute Gasteiger partial charge is 0.445 e. The Labute approximate surface area is 195 Å². The Hall–Kier alpha value is -2.70. The third-order valence-corrected chi connectivity index (χ3v) is 7.01. The van der Waals surface area contributed by atoms with Crippen LogP contribution >= 0.6 is 11.8 Å². The molecule has 3 rings (SSSR count). The summed E-state index contributed by atoms with van der Waals surface area (Å²) in [5.41, 5.74) is 0.499. The zero-order chi connectivity index (χ0) is 24.0. The highest BCUT2D eigenvalue weighted by Crippen LogP contribution is 2.42. The smallest absolute Gasteiger partial charge is 0.410 e. The second kappa shape index (κ2) is 10.9. The van der Waals surface area contributed by atoms with Crippen LogP contribution in [-0.2, 0) is 20.9 Å². The highest BCUT2D eigenvalue weighted by Gasteiger charge is 2.51. The molecule has 0 aromatic heterocycles. The normalized spacial score (nSPS) is 22.8. The Morgan fingerprint density at radius 2 is 1.94 bits per heavy atom. The lowest BCUT2D eigenvalue weighted by molar-refractivity contribution is -0.384. The van der Waals surface area contributed by atoms with Crippen molar-refractivity contribution in [1.82, 2.24) is 15.1 Å². The fraction of sp³-hybridized carbons (Fsp3) is 0.571. The van der Waals surface area contributed by atoms with Gasteiger partial charge < -0.3 is 20.1 Å². The van der Waals surface area contributed by atoms with Gasteiger partial charge in [0.15, 0.2) is 5.12 Å². The average Bonchev–Trinajstić information content (AvgIpc) is 3.16. The van der Waals surface area contributed by atoms with Crippen LogP contribution in [0.2, 0.25) is 0 Å². The number of non-ortho nitro benzene ring substituents is 1. The summed E-state index contributed by atoms with van der Waals surface area (Å²) in [7, 11) is 0. The van der Waals surface area contributed by atoms with E-state index in [0.717, 1.165) is 11.8 Å². The van der Waals surface area contributed by atoms with Crippen molar-refractivity contribution < 1.29 is 29.2 Å². The molecular weight excluding hydrogens is 452 g/mol. The molecule has 2 N–H and O–H groups in total. The van der Waals surface area contributed by atoms with Crippen molar-refractivity contribution in [2.24, 2.45) is 0 Å². The van der Waals surface area contributed by atoms with Gasteiger partial charge in [-0.25, -0.2) is 4.79 Å². The first-order chi connectivity index (χ1) is 15.7. The van der Waals surface area contributed by atoms with E-state index in [4.69, 9.17) is 4.74 Å². The number of thioether (sulfide) groups is 1. The second-order valence-electron chi connectivity index (χ2n) is 8.15. The second-order valence-corrected chi connectivity index (χ2v) is 9.80. The lowest BCUT2D eigenvalue weighted by Gasteiger charge is -2.32. The summed E-state index contributed by atoms with van der Waals surface area (Å²) in [6, 6.07) is 4.85. The number of amides is 2. The first-order valence-corrected chi connectivity index (χ1v) is 11.5. The maximum Gasteiger partial charge on any atom is 0.410 e. The molecule has 11 nitrogen and oxygen atoms in total. The minimum absolute atomic E-state index is 0.0682. The van der Waals surface area contributed by atoms with Gasteiger partial charge in [0.1, 0.15) is 12.6 Å². The molecule has 0 radical (unpaired) electrons. The van der Waals surface area contributed by atoms with Crippen LogP contribution in [0.4, 0.5) is 10.5 Å². The van der Waals surface area contributed by atoms with E-state index in [2.05, 4.69) is 5.32 Å². The number of ether oxygens (including phenoxy) is 1. The molecule has 2 saturated heterocycles. The molecule has 180 valence electrons. The molecule has 0 aliphatic carbocycles. The van der Waals surface area contributed by atoms with Crippen LogP contribution in [0.25, 0.3) is 0 Å². The Balaban J connectivity index is 1.76. The van der Waals surface area contributed by atoms with Crippen LogP contribution in [0.15, 0.2) is 24.3 Å². The van der Waals surface area contributed by atoms with E-state index in [1.165, 1.54) is 36.1 Å². The quantitative estimate of drug-likeness (QED) is 0.434. The Morgan fingerprint density at radius 3 is 2.52 bits per heavy atom. The van der Waals surface area contributed by atoms with E-state index < -0.39 is 21.8 Å². The molecule has 2 atom stereocenters. The summed E-state index contributed by atoms with van der Waals surface area (Å²) in [5.74, 6) is -0.201. The number of aliphatic hydroxyl groups excluding tert-OH is 1. The number of nitrogens with zero attached hydrogens (tertiary/aromatic N) is 3. The summed E-state index contributed by atoms with van der Waals surface area (Å²) in [5, 5.41) is 23.4. The topological polar surface area (TPSA) is 142 Å². The van der Waals surface area contributed by atoms with E-state index >= 15 is 0 Å². The SMILES string of the molecule is CC(=O)S[C@]1(CCO)C[C@@H](C(=O)N2CCNCC2)N(C(=O)OCc2ccc([N+](=O)[O-])cc2)C1. The molecule has 2 fully saturated rings. The number of carbonyl (C=O) groups is 3. The number of piperazine rings is 1. The number of rotatable bonds is 7. The van der Waals surface area contributed by atoms with Gasteiger partial charge in [-0.05, 0) is 30.5 Å². The average molecular weight is 481 g/mol. The van der Waals surface area contributed by atoms with Crippen molar-refractivity contribution in [1.29, 1.82) is 0 Å². The molecule has 2 aliphatic rings. The van der Waals surface area contributed by atoms with Gasteiger partial charge >= 0.3 is 6.09 Å².